The molecule has 1 heterocycles. The summed E-state index contributed by atoms with van der Waals surface area (Å²) in [6.45, 7) is 0. The van der Waals surface area contributed by atoms with E-state index in [1.54, 1.807) is 12.5 Å². The van der Waals surface area contributed by atoms with Crippen molar-refractivity contribution in [3.05, 3.63) is 54.1 Å². The second kappa shape index (κ2) is 4.99. The van der Waals surface area contributed by atoms with Gasteiger partial charge in [0.1, 0.15) is 0 Å². The highest BCUT2D eigenvalue weighted by Crippen LogP contribution is 2.17. The van der Waals surface area contributed by atoms with E-state index in [0.29, 0.717) is 5.75 Å². The number of aromatic nitrogens is 2. The minimum Gasteiger partial charge on any atom is -0.337 e. The Kier molecular flexibility index (Phi) is 3.41. The topological polar surface area (TPSA) is 34.9 Å². The lowest BCUT2D eigenvalue weighted by molar-refractivity contribution is 0.108. The van der Waals surface area contributed by atoms with E-state index >= 15 is 0 Å². The molecule has 3 nitrogen and oxygen atoms in total. The van der Waals surface area contributed by atoms with Crippen LogP contribution in [0, 0.1) is 0 Å². The Balaban J connectivity index is 1.97. The van der Waals surface area contributed by atoms with Crippen LogP contribution in [0.25, 0.3) is 0 Å². The van der Waals surface area contributed by atoms with Crippen LogP contribution in [-0.4, -0.2) is 14.7 Å². The fourth-order valence-corrected chi connectivity index (χ4v) is 2.18. The molecule has 0 N–H and O–H groups in total. The van der Waals surface area contributed by atoms with Gasteiger partial charge < -0.3 is 4.57 Å². The van der Waals surface area contributed by atoms with Gasteiger partial charge in [-0.1, -0.05) is 42.1 Å². The second-order valence-corrected chi connectivity index (χ2v) is 4.39. The summed E-state index contributed by atoms with van der Waals surface area (Å²) in [5.74, 6) is 0.657. The van der Waals surface area contributed by atoms with Gasteiger partial charge in [-0.25, -0.2) is 4.98 Å². The zero-order valence-electron chi connectivity index (χ0n) is 8.96. The molecule has 0 saturated carbocycles. The van der Waals surface area contributed by atoms with E-state index < -0.39 is 0 Å². The van der Waals surface area contributed by atoms with Crippen LogP contribution in [0.3, 0.4) is 0 Å². The SMILES string of the molecule is Cn1cncc1CSC(=O)c1ccccc1. The third kappa shape index (κ3) is 2.52. The van der Waals surface area contributed by atoms with E-state index in [-0.39, 0.29) is 5.12 Å². The maximum Gasteiger partial charge on any atom is 0.219 e. The quantitative estimate of drug-likeness (QED) is 0.815. The zero-order chi connectivity index (χ0) is 11.4. The average molecular weight is 232 g/mol. The van der Waals surface area contributed by atoms with Crippen LogP contribution >= 0.6 is 11.8 Å². The number of hydrogen-bond acceptors (Lipinski definition) is 3. The van der Waals surface area contributed by atoms with Crippen LogP contribution in [-0.2, 0) is 12.8 Å². The lowest BCUT2D eigenvalue weighted by Crippen LogP contribution is -1.97. The lowest BCUT2D eigenvalue weighted by atomic mass is 10.2. The summed E-state index contributed by atoms with van der Waals surface area (Å²) in [4.78, 5) is 15.8. The molecule has 16 heavy (non-hydrogen) atoms. The third-order valence-corrected chi connectivity index (χ3v) is 3.22. The van der Waals surface area contributed by atoms with Crippen molar-refractivity contribution in [2.24, 2.45) is 7.05 Å². The molecule has 0 aliphatic heterocycles. The molecule has 2 aromatic rings. The van der Waals surface area contributed by atoms with Gasteiger partial charge in [0.2, 0.25) is 5.12 Å². The van der Waals surface area contributed by atoms with E-state index in [1.165, 1.54) is 11.8 Å². The fourth-order valence-electron chi connectivity index (χ4n) is 1.32. The molecule has 0 aliphatic rings. The van der Waals surface area contributed by atoms with Crippen LogP contribution in [0.2, 0.25) is 0 Å². The number of carbonyl (C=O) groups excluding carboxylic acids is 1. The Bertz CT molecular complexity index is 479. The molecule has 82 valence electrons. The minimum atomic E-state index is 0.0989. The van der Waals surface area contributed by atoms with Gasteiger partial charge in [-0.3, -0.25) is 4.79 Å². The standard InChI is InChI=1S/C12H12N2OS/c1-14-9-13-7-11(14)8-16-12(15)10-5-3-2-4-6-10/h2-7,9H,8H2,1H3. The highest BCUT2D eigenvalue weighted by Gasteiger charge is 2.07. The number of hydrogen-bond donors (Lipinski definition) is 0. The van der Waals surface area contributed by atoms with Crippen molar-refractivity contribution in [3.63, 3.8) is 0 Å². The predicted octanol–water partition coefficient (Wildman–Crippen LogP) is 2.49. The number of aryl methyl sites for hydroxylation is 1. The number of imidazole rings is 1. The summed E-state index contributed by atoms with van der Waals surface area (Å²) in [6.07, 6.45) is 3.52. The largest absolute Gasteiger partial charge is 0.337 e. The van der Waals surface area contributed by atoms with Gasteiger partial charge in [0, 0.05) is 30.3 Å². The van der Waals surface area contributed by atoms with E-state index in [4.69, 9.17) is 0 Å². The first-order valence-corrected chi connectivity index (χ1v) is 5.93. The lowest BCUT2D eigenvalue weighted by Gasteiger charge is -2.01. The average Bonchev–Trinajstić information content (AvgIpc) is 2.73. The van der Waals surface area contributed by atoms with Gasteiger partial charge in [-0.15, -0.1) is 0 Å². The number of benzene rings is 1. The summed E-state index contributed by atoms with van der Waals surface area (Å²) >= 11 is 1.30. The summed E-state index contributed by atoms with van der Waals surface area (Å²) in [5.41, 5.74) is 1.80. The number of thioether (sulfide) groups is 1. The van der Waals surface area contributed by atoms with Crippen molar-refractivity contribution < 1.29 is 4.79 Å². The first-order valence-electron chi connectivity index (χ1n) is 4.95. The van der Waals surface area contributed by atoms with Gasteiger partial charge in [-0.05, 0) is 0 Å². The van der Waals surface area contributed by atoms with Crippen molar-refractivity contribution in [1.29, 1.82) is 0 Å². The monoisotopic (exact) mass is 232 g/mol. The molecule has 4 heteroatoms. The molecule has 0 amide bonds. The van der Waals surface area contributed by atoms with E-state index in [2.05, 4.69) is 4.98 Å². The predicted molar refractivity (Wildman–Crippen MR) is 65.3 cm³/mol. The molecule has 0 aliphatic carbocycles. The van der Waals surface area contributed by atoms with E-state index in [1.807, 2.05) is 41.9 Å². The van der Waals surface area contributed by atoms with Crippen LogP contribution in [0.1, 0.15) is 16.1 Å². The molecule has 2 rings (SSSR count). The molecule has 1 aromatic heterocycles. The smallest absolute Gasteiger partial charge is 0.219 e. The van der Waals surface area contributed by atoms with E-state index in [9.17, 15) is 4.79 Å². The maximum absolute atomic E-state index is 11.8. The molecule has 1 aromatic carbocycles. The van der Waals surface area contributed by atoms with Crippen molar-refractivity contribution in [2.45, 2.75) is 5.75 Å². The highest BCUT2D eigenvalue weighted by molar-refractivity contribution is 8.13. The second-order valence-electron chi connectivity index (χ2n) is 3.44. The Morgan fingerprint density at radius 2 is 2.12 bits per heavy atom. The van der Waals surface area contributed by atoms with Crippen molar-refractivity contribution >= 4 is 16.9 Å². The summed E-state index contributed by atoms with van der Waals surface area (Å²) in [7, 11) is 1.93. The van der Waals surface area contributed by atoms with E-state index in [0.717, 1.165) is 11.3 Å². The van der Waals surface area contributed by atoms with Crippen LogP contribution in [0.15, 0.2) is 42.9 Å². The first-order chi connectivity index (χ1) is 7.77. The number of nitrogens with zero attached hydrogens (tertiary/aromatic N) is 2. The normalized spacial score (nSPS) is 10.3. The van der Waals surface area contributed by atoms with Crippen molar-refractivity contribution in [2.75, 3.05) is 0 Å². The van der Waals surface area contributed by atoms with Crippen molar-refractivity contribution in [3.8, 4) is 0 Å². The minimum absolute atomic E-state index is 0.0989. The molecule has 0 spiro atoms. The van der Waals surface area contributed by atoms with Crippen molar-refractivity contribution in [1.82, 2.24) is 9.55 Å². The Morgan fingerprint density at radius 1 is 1.38 bits per heavy atom. The summed E-state index contributed by atoms with van der Waals surface area (Å²) in [6, 6.07) is 9.31. The van der Waals surface area contributed by atoms with Gasteiger partial charge >= 0.3 is 0 Å². The molecule has 0 atom stereocenters. The zero-order valence-corrected chi connectivity index (χ0v) is 9.78. The van der Waals surface area contributed by atoms with Gasteiger partial charge in [-0.2, -0.15) is 0 Å². The Hall–Kier alpha value is -1.55. The molecule has 0 radical (unpaired) electrons. The molecule has 0 saturated heterocycles. The Morgan fingerprint density at radius 3 is 2.75 bits per heavy atom. The van der Waals surface area contributed by atoms with Crippen LogP contribution in [0.5, 0.6) is 0 Å². The molecular weight excluding hydrogens is 220 g/mol. The molecule has 0 unspecified atom stereocenters. The summed E-state index contributed by atoms with van der Waals surface area (Å²) in [5, 5.41) is 0.0989. The molecule has 0 fully saturated rings. The molecule has 0 bridgehead atoms. The van der Waals surface area contributed by atoms with Crippen LogP contribution in [0.4, 0.5) is 0 Å². The van der Waals surface area contributed by atoms with Gasteiger partial charge in [0.15, 0.2) is 0 Å². The third-order valence-electron chi connectivity index (χ3n) is 2.28. The number of carbonyl (C=O) groups is 1. The van der Waals surface area contributed by atoms with Gasteiger partial charge in [0.25, 0.3) is 0 Å². The summed E-state index contributed by atoms with van der Waals surface area (Å²) < 4.78 is 1.92. The first kappa shape index (κ1) is 11.0. The highest BCUT2D eigenvalue weighted by atomic mass is 32.2. The van der Waals surface area contributed by atoms with Crippen LogP contribution < -0.4 is 0 Å². The fraction of sp³-hybridized carbons (Fsp3) is 0.167. The maximum atomic E-state index is 11.8. The number of rotatable bonds is 3. The van der Waals surface area contributed by atoms with Gasteiger partial charge in [0.05, 0.1) is 6.33 Å². The Labute approximate surface area is 98.5 Å². The molecular formula is C12H12N2OS.